The van der Waals surface area contributed by atoms with Crippen LogP contribution in [0.4, 0.5) is 20.2 Å². The molecule has 0 bridgehead atoms. The summed E-state index contributed by atoms with van der Waals surface area (Å²) in [4.78, 5) is 0. The molecule has 2 atom stereocenters. The summed E-state index contributed by atoms with van der Waals surface area (Å²) in [6.07, 6.45) is 0.507. The van der Waals surface area contributed by atoms with Crippen LogP contribution in [-0.2, 0) is 17.7 Å². The maximum absolute atomic E-state index is 14.2. The van der Waals surface area contributed by atoms with Gasteiger partial charge < -0.3 is 0 Å². The van der Waals surface area contributed by atoms with Crippen molar-refractivity contribution in [1.82, 2.24) is 0 Å². The molecule has 3 aromatic rings. The molecule has 0 heterocycles. The number of halogens is 5. The summed E-state index contributed by atoms with van der Waals surface area (Å²) >= 11 is 15.7. The minimum absolute atomic E-state index is 0.0904. The number of hydrogen-bond acceptors (Lipinski definition) is 1. The van der Waals surface area contributed by atoms with Gasteiger partial charge in [-0.2, -0.15) is 0 Å². The lowest BCUT2D eigenvalue weighted by Gasteiger charge is -2.22. The first-order chi connectivity index (χ1) is 14.3. The Morgan fingerprint density at radius 3 is 2.40 bits per heavy atom. The zero-order valence-electron chi connectivity index (χ0n) is 15.4. The lowest BCUT2D eigenvalue weighted by atomic mass is 9.93. The van der Waals surface area contributed by atoms with Crippen molar-refractivity contribution in [3.63, 3.8) is 0 Å². The van der Waals surface area contributed by atoms with Crippen LogP contribution < -0.4 is 4.31 Å². The van der Waals surface area contributed by atoms with E-state index < -0.39 is 22.9 Å². The monoisotopic (exact) mass is 489 g/mol. The molecule has 0 amide bonds. The number of benzene rings is 3. The van der Waals surface area contributed by atoms with Crippen LogP contribution in [-0.4, -0.2) is 14.6 Å². The Balaban J connectivity index is 1.93. The SMILES string of the molecule is O=S(O)N(c1cccc(CC(CCl)c2ccc(Cl)c(Cl)c2)c1)c1ccc(F)cc1F. The van der Waals surface area contributed by atoms with Crippen molar-refractivity contribution in [2.24, 2.45) is 0 Å². The van der Waals surface area contributed by atoms with Crippen LogP contribution in [0.15, 0.2) is 60.7 Å². The molecule has 158 valence electrons. The molecule has 9 heteroatoms. The van der Waals surface area contributed by atoms with Gasteiger partial charge in [0.2, 0.25) is 0 Å². The zero-order valence-corrected chi connectivity index (χ0v) is 18.5. The first-order valence-corrected chi connectivity index (χ1v) is 11.1. The van der Waals surface area contributed by atoms with Crippen molar-refractivity contribution in [2.45, 2.75) is 12.3 Å². The molecule has 0 saturated heterocycles. The van der Waals surface area contributed by atoms with Gasteiger partial charge in [0.25, 0.3) is 11.3 Å². The Hall–Kier alpha value is -1.70. The molecule has 3 aromatic carbocycles. The highest BCUT2D eigenvalue weighted by atomic mass is 35.5. The van der Waals surface area contributed by atoms with Crippen LogP contribution >= 0.6 is 34.8 Å². The maximum atomic E-state index is 14.2. The fraction of sp³-hybridized carbons (Fsp3) is 0.143. The summed E-state index contributed by atoms with van der Waals surface area (Å²) in [5.74, 6) is -1.51. The van der Waals surface area contributed by atoms with Gasteiger partial charge in [0, 0.05) is 17.9 Å². The van der Waals surface area contributed by atoms with Crippen molar-refractivity contribution >= 4 is 57.4 Å². The van der Waals surface area contributed by atoms with Crippen molar-refractivity contribution in [1.29, 1.82) is 0 Å². The highest BCUT2D eigenvalue weighted by molar-refractivity contribution is 7.81. The van der Waals surface area contributed by atoms with E-state index in [1.54, 1.807) is 30.3 Å². The van der Waals surface area contributed by atoms with Gasteiger partial charge in [0.05, 0.1) is 21.4 Å². The largest absolute Gasteiger partial charge is 0.289 e. The quantitative estimate of drug-likeness (QED) is 0.283. The highest BCUT2D eigenvalue weighted by Crippen LogP contribution is 2.33. The van der Waals surface area contributed by atoms with E-state index in [1.807, 2.05) is 12.1 Å². The summed E-state index contributed by atoms with van der Waals surface area (Å²) in [6, 6.07) is 14.8. The summed E-state index contributed by atoms with van der Waals surface area (Å²) in [7, 11) is 0. The topological polar surface area (TPSA) is 40.5 Å². The van der Waals surface area contributed by atoms with Crippen molar-refractivity contribution in [3.05, 3.63) is 93.5 Å². The molecule has 0 saturated carbocycles. The first-order valence-electron chi connectivity index (χ1n) is 8.76. The third-order valence-electron chi connectivity index (χ3n) is 4.51. The molecule has 0 aromatic heterocycles. The third-order valence-corrected chi connectivity index (χ3v) is 6.34. The number of rotatable bonds is 7. The van der Waals surface area contributed by atoms with Crippen molar-refractivity contribution in [2.75, 3.05) is 10.2 Å². The fourth-order valence-corrected chi connectivity index (χ4v) is 4.29. The molecule has 30 heavy (non-hydrogen) atoms. The van der Waals surface area contributed by atoms with Crippen LogP contribution in [0.25, 0.3) is 0 Å². The molecule has 2 unspecified atom stereocenters. The predicted octanol–water partition coefficient (Wildman–Crippen LogP) is 7.11. The van der Waals surface area contributed by atoms with E-state index in [1.165, 1.54) is 0 Å². The standard InChI is InChI=1S/C21H16Cl3F2NO2S/c22-12-15(14-4-6-18(23)19(24)10-14)8-13-2-1-3-17(9-13)27(30(28)29)21-7-5-16(25)11-20(21)26/h1-7,9-11,15H,8,12H2,(H,28,29). The second-order valence-corrected chi connectivity index (χ2v) is 8.47. The molecule has 3 nitrogen and oxygen atoms in total. The van der Waals surface area contributed by atoms with E-state index in [4.69, 9.17) is 34.8 Å². The average Bonchev–Trinajstić information content (AvgIpc) is 2.70. The molecule has 3 rings (SSSR count). The van der Waals surface area contributed by atoms with E-state index in [9.17, 15) is 17.5 Å². The van der Waals surface area contributed by atoms with Crippen LogP contribution in [0.3, 0.4) is 0 Å². The Morgan fingerprint density at radius 1 is 1.00 bits per heavy atom. The number of nitrogens with zero attached hydrogens (tertiary/aromatic N) is 1. The molecule has 1 N–H and O–H groups in total. The van der Waals surface area contributed by atoms with E-state index in [0.717, 1.165) is 27.6 Å². The van der Waals surface area contributed by atoms with Crippen LogP contribution in [0, 0.1) is 11.6 Å². The van der Waals surface area contributed by atoms with E-state index in [2.05, 4.69) is 0 Å². The molecule has 0 spiro atoms. The maximum Gasteiger partial charge on any atom is 0.266 e. The van der Waals surface area contributed by atoms with Gasteiger partial charge in [-0.15, -0.1) is 11.6 Å². The van der Waals surface area contributed by atoms with Crippen molar-refractivity contribution in [3.8, 4) is 0 Å². The normalized spacial score (nSPS) is 13.1. The Morgan fingerprint density at radius 2 is 1.77 bits per heavy atom. The second-order valence-electron chi connectivity index (χ2n) is 6.52. The molecule has 0 aliphatic heterocycles. The minimum atomic E-state index is -2.57. The smallest absolute Gasteiger partial charge is 0.266 e. The number of alkyl halides is 1. The lowest BCUT2D eigenvalue weighted by molar-refractivity contribution is 0.559. The van der Waals surface area contributed by atoms with Crippen LogP contribution in [0.5, 0.6) is 0 Å². The number of hydrogen-bond donors (Lipinski definition) is 1. The van der Waals surface area contributed by atoms with Crippen LogP contribution in [0.1, 0.15) is 17.0 Å². The van der Waals surface area contributed by atoms with Gasteiger partial charge >= 0.3 is 0 Å². The summed E-state index contributed by atoms with van der Waals surface area (Å²) in [5, 5.41) is 0.866. The lowest BCUT2D eigenvalue weighted by Crippen LogP contribution is -2.20. The molecule has 0 fully saturated rings. The Kier molecular flexibility index (Phi) is 7.71. The fourth-order valence-electron chi connectivity index (χ4n) is 3.08. The molecular weight excluding hydrogens is 475 g/mol. The van der Waals surface area contributed by atoms with Gasteiger partial charge in [-0.05, 0) is 53.9 Å². The summed E-state index contributed by atoms with van der Waals surface area (Å²) in [6.45, 7) is 0. The van der Waals surface area contributed by atoms with Gasteiger partial charge in [-0.3, -0.25) is 4.55 Å². The highest BCUT2D eigenvalue weighted by Gasteiger charge is 2.21. The van der Waals surface area contributed by atoms with E-state index >= 15 is 0 Å². The molecule has 0 radical (unpaired) electrons. The van der Waals surface area contributed by atoms with E-state index in [0.29, 0.717) is 28.4 Å². The second kappa shape index (κ2) is 10.1. The zero-order chi connectivity index (χ0) is 21.8. The van der Waals surface area contributed by atoms with Gasteiger partial charge in [0.15, 0.2) is 5.82 Å². The average molecular weight is 491 g/mol. The molecule has 0 aliphatic carbocycles. The predicted molar refractivity (Wildman–Crippen MR) is 119 cm³/mol. The van der Waals surface area contributed by atoms with Gasteiger partial charge in [-0.25, -0.2) is 17.3 Å². The van der Waals surface area contributed by atoms with Gasteiger partial charge in [-0.1, -0.05) is 41.4 Å². The Labute approximate surface area is 190 Å². The van der Waals surface area contributed by atoms with E-state index in [-0.39, 0.29) is 17.3 Å². The van der Waals surface area contributed by atoms with Crippen molar-refractivity contribution < 1.29 is 17.5 Å². The third kappa shape index (κ3) is 5.31. The minimum Gasteiger partial charge on any atom is -0.289 e. The molecular formula is C21H16Cl3F2NO2S. The molecule has 0 aliphatic rings. The Bertz CT molecular complexity index is 1080. The van der Waals surface area contributed by atoms with Crippen LogP contribution in [0.2, 0.25) is 10.0 Å². The summed E-state index contributed by atoms with van der Waals surface area (Å²) in [5.41, 5.74) is 1.77. The summed E-state index contributed by atoms with van der Waals surface area (Å²) < 4.78 is 50.1. The van der Waals surface area contributed by atoms with Gasteiger partial charge in [0.1, 0.15) is 5.82 Å². The number of anilines is 2. The first kappa shape index (κ1) is 23.0.